The Hall–Kier alpha value is -5.94. The Morgan fingerprint density at radius 2 is 0.604 bits per heavy atom. The number of ether oxygens (including phenoxy) is 16. The Morgan fingerprint density at radius 1 is 0.330 bits per heavy atom. The minimum atomic E-state index is -2.25. The second-order valence-electron chi connectivity index (χ2n) is 27.0. The molecule has 1 aromatic carbocycles. The highest BCUT2D eigenvalue weighted by Gasteiger charge is 2.61. The summed E-state index contributed by atoms with van der Waals surface area (Å²) in [6.07, 6.45) is -68.6. The van der Waals surface area contributed by atoms with E-state index >= 15 is 0 Å². The summed E-state index contributed by atoms with van der Waals surface area (Å²) in [7, 11) is 0. The summed E-state index contributed by atoms with van der Waals surface area (Å²) in [5.74, 6) is -6.62. The van der Waals surface area contributed by atoms with Gasteiger partial charge in [0.05, 0.1) is 24.4 Å². The summed E-state index contributed by atoms with van der Waals surface area (Å²) >= 11 is 0. The van der Waals surface area contributed by atoms with Gasteiger partial charge in [0.15, 0.2) is 68.8 Å². The number of nitrogens with one attached hydrogen (secondary N) is 4. The number of amides is 4. The number of carboxylic acid groups (broad SMARTS) is 2. The van der Waals surface area contributed by atoms with Crippen LogP contribution in [-0.4, -0.2) is 370 Å². The van der Waals surface area contributed by atoms with E-state index in [9.17, 15) is 115 Å². The number of aryl methyl sites for hydroxylation is 1. The molecule has 43 nitrogen and oxygen atoms in total. The molecule has 40 atom stereocenters. The largest absolute Gasteiger partial charge is 0.479 e. The van der Waals surface area contributed by atoms with Gasteiger partial charge in [-0.05, 0) is 46.8 Å². The zero-order chi connectivity index (χ0) is 78.1. The third kappa shape index (κ3) is 18.4. The van der Waals surface area contributed by atoms with Gasteiger partial charge < -0.3 is 183 Å². The number of hydrogen-bond donors (Lipinski definition) is 19. The molecule has 106 heavy (non-hydrogen) atoms. The molecule has 8 fully saturated rings. The summed E-state index contributed by atoms with van der Waals surface area (Å²) in [5, 5.41) is 178. The molecule has 0 spiro atoms. The van der Waals surface area contributed by atoms with Gasteiger partial charge in [0.1, 0.15) is 164 Å². The van der Waals surface area contributed by atoms with Gasteiger partial charge in [-0.2, -0.15) is 0 Å². The minimum Gasteiger partial charge on any atom is -0.479 e. The molecule has 4 amide bonds. The average Bonchev–Trinajstić information content (AvgIpc) is 0.773. The number of aliphatic hydroxyl groups excluding tert-OH is 13. The van der Waals surface area contributed by atoms with E-state index < -0.39 is 281 Å². The molecule has 8 saturated heterocycles. The second-order valence-corrected chi connectivity index (χ2v) is 27.0. The first-order valence-corrected chi connectivity index (χ1v) is 33.7. The molecular formula is C63H92N4O39. The van der Waals surface area contributed by atoms with Crippen molar-refractivity contribution in [3.63, 3.8) is 0 Å². The lowest BCUT2D eigenvalue weighted by Crippen LogP contribution is -2.70. The summed E-state index contributed by atoms with van der Waals surface area (Å²) < 4.78 is 93.2. The predicted octanol–water partition coefficient (Wildman–Crippen LogP) is -10.8. The molecule has 8 heterocycles. The van der Waals surface area contributed by atoms with Gasteiger partial charge in [0, 0.05) is 27.7 Å². The van der Waals surface area contributed by atoms with E-state index in [0.29, 0.717) is 0 Å². The Morgan fingerprint density at radius 3 is 0.925 bits per heavy atom. The Balaban J connectivity index is 0.823. The third-order valence-corrected chi connectivity index (χ3v) is 19.1. The summed E-state index contributed by atoms with van der Waals surface area (Å²) in [4.78, 5) is 101. The van der Waals surface area contributed by atoms with E-state index in [0.717, 1.165) is 33.3 Å². The molecule has 1 aromatic rings. The molecule has 0 radical (unpaired) electrons. The predicted molar refractivity (Wildman–Crippen MR) is 334 cm³/mol. The Bertz CT molecular complexity index is 3190. The highest BCUT2D eigenvalue weighted by atomic mass is 16.8. The monoisotopic (exact) mass is 1530 g/mol. The number of carbonyl (C=O) groups is 8. The molecular weight excluding hydrogens is 1440 g/mol. The van der Waals surface area contributed by atoms with Crippen molar-refractivity contribution < 1.29 is 191 Å². The van der Waals surface area contributed by atoms with Crippen molar-refractivity contribution in [1.29, 1.82) is 0 Å². The Labute approximate surface area is 601 Å². The van der Waals surface area contributed by atoms with Crippen LogP contribution >= 0.6 is 0 Å². The van der Waals surface area contributed by atoms with Crippen molar-refractivity contribution in [3.8, 4) is 5.75 Å². The van der Waals surface area contributed by atoms with Gasteiger partial charge in [0.25, 0.3) is 0 Å². The SMILES string of the molecule is CC(=O)NC1C(OC2C(C(=O)O)OC(OC3C(C)OC(OC4C(C=O)OC(OC5C(C)OC(OC6C(C=O)OC(OC7C(C)OC(OC8C(C(=O)O)OC(Oc9ccc(C)cc9)C(O)C8O)C(NC(C)=O)C7O)C(O)C6O)C(NC(C)=O)C5O)C(O)C4O)C(NC(C)=O)C3O)C(O)C2O)OC(C)C(O)C1O. The van der Waals surface area contributed by atoms with E-state index in [1.807, 2.05) is 0 Å². The zero-order valence-electron chi connectivity index (χ0n) is 58.1. The van der Waals surface area contributed by atoms with Crippen LogP contribution in [0, 0.1) is 6.92 Å². The van der Waals surface area contributed by atoms with Gasteiger partial charge in [-0.3, -0.25) is 19.2 Å². The van der Waals surface area contributed by atoms with E-state index in [4.69, 9.17) is 75.8 Å². The van der Waals surface area contributed by atoms with Crippen LogP contribution in [0.2, 0.25) is 0 Å². The van der Waals surface area contributed by atoms with E-state index in [2.05, 4.69) is 21.3 Å². The first kappa shape index (κ1) is 84.1. The molecule has 0 bridgehead atoms. The highest BCUT2D eigenvalue weighted by molar-refractivity contribution is 5.75. The van der Waals surface area contributed by atoms with Gasteiger partial charge in [0.2, 0.25) is 29.9 Å². The first-order chi connectivity index (χ1) is 49.8. The lowest BCUT2D eigenvalue weighted by Gasteiger charge is -2.50. The number of rotatable bonds is 24. The van der Waals surface area contributed by atoms with Crippen LogP contribution in [0.4, 0.5) is 0 Å². The van der Waals surface area contributed by atoms with Gasteiger partial charge >= 0.3 is 11.9 Å². The number of hydrogen-bond acceptors (Lipinski definition) is 37. The van der Waals surface area contributed by atoms with E-state index in [-0.39, 0.29) is 18.3 Å². The maximum absolute atomic E-state index is 12.9. The van der Waals surface area contributed by atoms with Gasteiger partial charge in [-0.1, -0.05) is 17.7 Å². The van der Waals surface area contributed by atoms with Crippen molar-refractivity contribution in [2.24, 2.45) is 0 Å². The highest BCUT2D eigenvalue weighted by Crippen LogP contribution is 2.39. The van der Waals surface area contributed by atoms with Crippen molar-refractivity contribution in [2.45, 2.75) is 308 Å². The summed E-state index contributed by atoms with van der Waals surface area (Å²) in [6.45, 7) is 11.0. The molecule has 0 aromatic heterocycles. The fourth-order valence-electron chi connectivity index (χ4n) is 13.6. The van der Waals surface area contributed by atoms with Crippen LogP contribution in [0.15, 0.2) is 24.3 Å². The van der Waals surface area contributed by atoms with Crippen LogP contribution in [-0.2, 0) is 109 Å². The van der Waals surface area contributed by atoms with Crippen LogP contribution in [0.25, 0.3) is 0 Å². The maximum atomic E-state index is 12.9. The molecule has 0 aliphatic carbocycles. The molecule has 19 N–H and O–H groups in total. The normalized spacial score (nSPS) is 46.4. The summed E-state index contributed by atoms with van der Waals surface area (Å²) in [5.41, 5.74) is 0.843. The number of aldehydes is 2. The van der Waals surface area contributed by atoms with Crippen LogP contribution < -0.4 is 26.0 Å². The minimum absolute atomic E-state index is 0.0886. The zero-order valence-corrected chi connectivity index (χ0v) is 58.1. The molecule has 9 rings (SSSR count). The van der Waals surface area contributed by atoms with Gasteiger partial charge in [-0.25, -0.2) is 9.59 Å². The van der Waals surface area contributed by atoms with Crippen LogP contribution in [0.3, 0.4) is 0 Å². The first-order valence-electron chi connectivity index (χ1n) is 33.7. The van der Waals surface area contributed by atoms with Crippen molar-refractivity contribution in [1.82, 2.24) is 21.3 Å². The van der Waals surface area contributed by atoms with E-state index in [1.165, 1.54) is 39.8 Å². The topological polar surface area (TPSA) is 636 Å². The number of carbonyl (C=O) groups excluding carboxylic acids is 6. The molecule has 40 unspecified atom stereocenters. The fraction of sp³-hybridized carbons (Fsp3) is 0.778. The smallest absolute Gasteiger partial charge is 0.335 e. The number of aliphatic hydroxyl groups is 13. The Kier molecular flexibility index (Phi) is 28.1. The van der Waals surface area contributed by atoms with Crippen molar-refractivity contribution >= 4 is 48.1 Å². The van der Waals surface area contributed by atoms with Crippen LogP contribution in [0.1, 0.15) is 61.0 Å². The van der Waals surface area contributed by atoms with Gasteiger partial charge in [-0.15, -0.1) is 0 Å². The molecule has 0 saturated carbocycles. The van der Waals surface area contributed by atoms with Crippen molar-refractivity contribution in [2.75, 3.05) is 0 Å². The fourth-order valence-corrected chi connectivity index (χ4v) is 13.6. The molecule has 8 aliphatic rings. The van der Waals surface area contributed by atoms with Crippen molar-refractivity contribution in [3.05, 3.63) is 29.8 Å². The molecule has 43 heteroatoms. The lowest BCUT2D eigenvalue weighted by molar-refractivity contribution is -0.376. The van der Waals surface area contributed by atoms with Crippen LogP contribution in [0.5, 0.6) is 5.75 Å². The molecule has 598 valence electrons. The third-order valence-electron chi connectivity index (χ3n) is 19.1. The maximum Gasteiger partial charge on any atom is 0.335 e. The quantitative estimate of drug-likeness (QED) is 0.0427. The second kappa shape index (κ2) is 35.4. The average molecular weight is 1530 g/mol. The standard InChI is InChI=1S/C63H92N4O39/c1-16-10-12-25(13-11-16)95-60-43(85)39(81)50(52(105-60)54(87)88)104-59-31(67-24(9)73)36(78)46(19(4)94-59)99-62-42(84)38(80)48(26(14-68)97-62)101-57-29(65-22(7)71)34(76)45(18(3)92-57)98-61-41(83)37(79)49(27(15-69)96-61)102-58-30(66-23(8)72)35(77)47(20(5)93-58)100-63-44(86)40(82)51(53(106-63)55(89)90)103-56-28(64-21(6)70)33(75)32(74)17(2)91-56/h10-15,17-20,26-53,56-63,74-86H,1-9H3,(H,64,70)(H,65,71)(H,66,72)(H,67,73)(H,87,88)(H,89,90). The lowest BCUT2D eigenvalue weighted by atomic mass is 9.94. The number of aliphatic carboxylic acids is 2. The summed E-state index contributed by atoms with van der Waals surface area (Å²) in [6, 6.07) is -0.453. The number of benzene rings is 1. The molecule has 8 aliphatic heterocycles. The van der Waals surface area contributed by atoms with E-state index in [1.54, 1.807) is 19.1 Å². The number of carboxylic acids is 2.